The molecule has 96 valence electrons. The number of hydrogen-bond donors (Lipinski definition) is 1. The van der Waals surface area contributed by atoms with E-state index in [4.69, 9.17) is 0 Å². The maximum absolute atomic E-state index is 13.0. The average molecular weight is 248 g/mol. The number of hydrogen-bond acceptors (Lipinski definition) is 3. The highest BCUT2D eigenvalue weighted by Crippen LogP contribution is 2.20. The fourth-order valence-corrected chi connectivity index (χ4v) is 2.53. The summed E-state index contributed by atoms with van der Waals surface area (Å²) in [6.45, 7) is 0. The van der Waals surface area contributed by atoms with Gasteiger partial charge in [-0.3, -0.25) is 0 Å². The summed E-state index contributed by atoms with van der Waals surface area (Å²) in [5.41, 5.74) is 0.674. The highest BCUT2D eigenvalue weighted by Gasteiger charge is 2.14. The fraction of sp³-hybridized carbons (Fsp3) is 0.538. The Morgan fingerprint density at radius 2 is 1.94 bits per heavy atom. The van der Waals surface area contributed by atoms with Crippen molar-refractivity contribution in [3.63, 3.8) is 0 Å². The number of fused-ring (bicyclic) bond motifs is 1. The van der Waals surface area contributed by atoms with Crippen molar-refractivity contribution in [1.29, 1.82) is 0 Å². The molecule has 0 spiro atoms. The first-order chi connectivity index (χ1) is 8.81. The van der Waals surface area contributed by atoms with E-state index in [0.717, 1.165) is 0 Å². The van der Waals surface area contributed by atoms with Gasteiger partial charge in [0.25, 0.3) is 0 Å². The molecule has 1 saturated carbocycles. The molecule has 18 heavy (non-hydrogen) atoms. The molecule has 0 amide bonds. The van der Waals surface area contributed by atoms with Gasteiger partial charge in [-0.05, 0) is 25.0 Å². The van der Waals surface area contributed by atoms with Crippen LogP contribution in [-0.2, 0) is 0 Å². The van der Waals surface area contributed by atoms with Crippen molar-refractivity contribution in [2.75, 3.05) is 5.32 Å². The Bertz CT molecular complexity index is 529. The minimum Gasteiger partial charge on any atom is -0.350 e. The Kier molecular flexibility index (Phi) is 3.13. The fourth-order valence-electron chi connectivity index (χ4n) is 2.53. The van der Waals surface area contributed by atoms with E-state index in [9.17, 15) is 4.39 Å². The van der Waals surface area contributed by atoms with E-state index in [1.807, 2.05) is 0 Å². The predicted octanol–water partition coefficient (Wildman–Crippen LogP) is 3.00. The van der Waals surface area contributed by atoms with Gasteiger partial charge in [0, 0.05) is 6.04 Å². The van der Waals surface area contributed by atoms with Gasteiger partial charge in [0.2, 0.25) is 5.95 Å². The smallest absolute Gasteiger partial charge is 0.243 e. The van der Waals surface area contributed by atoms with Gasteiger partial charge in [-0.1, -0.05) is 25.7 Å². The zero-order valence-corrected chi connectivity index (χ0v) is 10.3. The molecule has 0 aromatic carbocycles. The van der Waals surface area contributed by atoms with Gasteiger partial charge in [-0.2, -0.15) is 4.98 Å². The molecule has 0 atom stereocenters. The monoisotopic (exact) mass is 248 g/mol. The number of halogens is 1. The van der Waals surface area contributed by atoms with Gasteiger partial charge in [-0.15, -0.1) is 5.10 Å². The van der Waals surface area contributed by atoms with Gasteiger partial charge < -0.3 is 5.32 Å². The molecule has 1 fully saturated rings. The van der Waals surface area contributed by atoms with E-state index in [1.165, 1.54) is 55.3 Å². The Labute approximate surface area is 105 Å². The van der Waals surface area contributed by atoms with Gasteiger partial charge in [-0.25, -0.2) is 8.91 Å². The summed E-state index contributed by atoms with van der Waals surface area (Å²) in [6, 6.07) is 3.50. The molecule has 0 aliphatic heterocycles. The molecule has 1 aliphatic rings. The van der Waals surface area contributed by atoms with Crippen molar-refractivity contribution in [3.05, 3.63) is 24.1 Å². The predicted molar refractivity (Wildman–Crippen MR) is 68.1 cm³/mol. The normalized spacial score (nSPS) is 17.8. The third kappa shape index (κ3) is 2.44. The summed E-state index contributed by atoms with van der Waals surface area (Å²) < 4.78 is 14.5. The Hall–Kier alpha value is -1.65. The van der Waals surface area contributed by atoms with Gasteiger partial charge >= 0.3 is 0 Å². The van der Waals surface area contributed by atoms with Crippen LogP contribution in [0, 0.1) is 5.82 Å². The first-order valence-corrected chi connectivity index (χ1v) is 6.60. The molecule has 1 aliphatic carbocycles. The number of anilines is 1. The molecule has 0 unspecified atom stereocenters. The van der Waals surface area contributed by atoms with E-state index in [2.05, 4.69) is 15.4 Å². The van der Waals surface area contributed by atoms with E-state index in [1.54, 1.807) is 6.07 Å². The number of rotatable bonds is 2. The van der Waals surface area contributed by atoms with Crippen molar-refractivity contribution < 1.29 is 4.39 Å². The van der Waals surface area contributed by atoms with Crippen LogP contribution in [0.5, 0.6) is 0 Å². The summed E-state index contributed by atoms with van der Waals surface area (Å²) in [5.74, 6) is 0.306. The number of pyridine rings is 1. The van der Waals surface area contributed by atoms with Crippen LogP contribution in [0.2, 0.25) is 0 Å². The van der Waals surface area contributed by atoms with Crippen LogP contribution in [0.15, 0.2) is 18.3 Å². The first-order valence-electron chi connectivity index (χ1n) is 6.60. The maximum atomic E-state index is 13.0. The molecular weight excluding hydrogens is 231 g/mol. The maximum Gasteiger partial charge on any atom is 0.243 e. The zero-order chi connectivity index (χ0) is 12.4. The minimum atomic E-state index is -0.298. The number of aromatic nitrogens is 3. The SMILES string of the molecule is Fc1ccc2nc(NC3CCCCCC3)nn2c1. The zero-order valence-electron chi connectivity index (χ0n) is 10.3. The van der Waals surface area contributed by atoms with Crippen LogP contribution in [0.4, 0.5) is 10.3 Å². The highest BCUT2D eigenvalue weighted by molar-refractivity contribution is 5.43. The molecule has 0 bridgehead atoms. The highest BCUT2D eigenvalue weighted by atomic mass is 19.1. The molecule has 2 heterocycles. The molecule has 0 radical (unpaired) electrons. The van der Waals surface area contributed by atoms with E-state index in [0.29, 0.717) is 17.6 Å². The topological polar surface area (TPSA) is 42.2 Å². The summed E-state index contributed by atoms with van der Waals surface area (Å²) >= 11 is 0. The van der Waals surface area contributed by atoms with Crippen molar-refractivity contribution in [2.24, 2.45) is 0 Å². The summed E-state index contributed by atoms with van der Waals surface area (Å²) in [7, 11) is 0. The van der Waals surface area contributed by atoms with Crippen LogP contribution in [0.25, 0.3) is 5.65 Å². The third-order valence-corrected chi connectivity index (χ3v) is 3.48. The van der Waals surface area contributed by atoms with Crippen molar-refractivity contribution >= 4 is 11.6 Å². The Morgan fingerprint density at radius 3 is 2.72 bits per heavy atom. The lowest BCUT2D eigenvalue weighted by molar-refractivity contribution is 0.610. The van der Waals surface area contributed by atoms with Crippen LogP contribution in [-0.4, -0.2) is 20.6 Å². The first kappa shape index (κ1) is 11.4. The van der Waals surface area contributed by atoms with E-state index < -0.39 is 0 Å². The van der Waals surface area contributed by atoms with Crippen LogP contribution in [0.1, 0.15) is 38.5 Å². The van der Waals surface area contributed by atoms with Crippen LogP contribution >= 0.6 is 0 Å². The van der Waals surface area contributed by atoms with Crippen LogP contribution < -0.4 is 5.32 Å². The van der Waals surface area contributed by atoms with Crippen LogP contribution in [0.3, 0.4) is 0 Å². The molecular formula is C13H17FN4. The van der Waals surface area contributed by atoms with Crippen molar-refractivity contribution in [1.82, 2.24) is 14.6 Å². The second-order valence-corrected chi connectivity index (χ2v) is 4.92. The molecule has 0 saturated heterocycles. The van der Waals surface area contributed by atoms with Gasteiger partial charge in [0.15, 0.2) is 5.65 Å². The number of nitrogens with one attached hydrogen (secondary N) is 1. The quantitative estimate of drug-likeness (QED) is 0.831. The lowest BCUT2D eigenvalue weighted by Gasteiger charge is -2.13. The largest absolute Gasteiger partial charge is 0.350 e. The second kappa shape index (κ2) is 4.92. The summed E-state index contributed by atoms with van der Waals surface area (Å²) in [4.78, 5) is 4.35. The number of nitrogens with zero attached hydrogens (tertiary/aromatic N) is 3. The van der Waals surface area contributed by atoms with Crippen molar-refractivity contribution in [3.8, 4) is 0 Å². The molecule has 1 N–H and O–H groups in total. The minimum absolute atomic E-state index is 0.298. The summed E-state index contributed by atoms with van der Waals surface area (Å²) in [6.07, 6.45) is 8.86. The molecule has 3 rings (SSSR count). The van der Waals surface area contributed by atoms with Crippen molar-refractivity contribution in [2.45, 2.75) is 44.6 Å². The van der Waals surface area contributed by atoms with Gasteiger partial charge in [0.1, 0.15) is 5.82 Å². The average Bonchev–Trinajstić information content (AvgIpc) is 2.57. The summed E-state index contributed by atoms with van der Waals surface area (Å²) in [5, 5.41) is 7.62. The van der Waals surface area contributed by atoms with E-state index >= 15 is 0 Å². The molecule has 4 nitrogen and oxygen atoms in total. The third-order valence-electron chi connectivity index (χ3n) is 3.48. The van der Waals surface area contributed by atoms with Gasteiger partial charge in [0.05, 0.1) is 6.20 Å². The second-order valence-electron chi connectivity index (χ2n) is 4.92. The standard InChI is InChI=1S/C13H17FN4/c14-10-7-8-12-16-13(17-18(12)9-10)15-11-5-3-1-2-4-6-11/h7-9,11H,1-6H2,(H,15,17). The lowest BCUT2D eigenvalue weighted by Crippen LogP contribution is -2.19. The van der Waals surface area contributed by atoms with E-state index in [-0.39, 0.29) is 5.82 Å². The Morgan fingerprint density at radius 1 is 1.17 bits per heavy atom. The Balaban J connectivity index is 1.77. The molecule has 2 aromatic rings. The lowest BCUT2D eigenvalue weighted by atomic mass is 10.1. The molecule has 2 aromatic heterocycles. The molecule has 5 heteroatoms.